The molecule has 0 radical (unpaired) electrons. The van der Waals surface area contributed by atoms with Gasteiger partial charge in [0.2, 0.25) is 0 Å². The van der Waals surface area contributed by atoms with E-state index in [0.29, 0.717) is 0 Å². The Kier molecular flexibility index (Phi) is 15.4. The molecule has 0 aliphatic heterocycles. The van der Waals surface area contributed by atoms with Crippen LogP contribution in [0.3, 0.4) is 0 Å². The molecular weight excluding hydrogens is 799 g/mol. The zero-order chi connectivity index (χ0) is 36.9. The molecule has 8 aromatic rings. The van der Waals surface area contributed by atoms with Crippen molar-refractivity contribution >= 4 is 51.8 Å². The van der Waals surface area contributed by atoms with Gasteiger partial charge in [-0.15, -0.1) is 82.8 Å². The topological polar surface area (TPSA) is 26.3 Å². The van der Waals surface area contributed by atoms with Crippen LogP contribution in [0.1, 0.15) is 47.6 Å². The van der Waals surface area contributed by atoms with E-state index in [9.17, 15) is 0 Å². The number of hydrogen-bond donors (Lipinski definition) is 0. The standard InChI is InChI=1S/2C23H21O.C2H6Si.2ClH.Zr/c2*1-4-20-15(2)12-18-13-19(22-11-10-16(3)24-22)14-21(18)23(20)17-8-6-5-7-9-17;1-3-2;;;/h2*5-14H,4H2,1-3H3;1-2H3;2*1H;/q2*-1;;;;+2. The van der Waals surface area contributed by atoms with Gasteiger partial charge in [0.1, 0.15) is 0 Å². The van der Waals surface area contributed by atoms with Crippen LogP contribution in [0.2, 0.25) is 13.1 Å². The monoisotopic (exact) mass is 846 g/mol. The van der Waals surface area contributed by atoms with Crippen LogP contribution in [0, 0.1) is 27.7 Å². The van der Waals surface area contributed by atoms with Crippen LogP contribution in [-0.2, 0) is 36.2 Å². The van der Waals surface area contributed by atoms with Gasteiger partial charge in [0.15, 0.2) is 0 Å². The van der Waals surface area contributed by atoms with Crippen molar-refractivity contribution in [2.75, 3.05) is 0 Å². The molecule has 0 amide bonds. The average Bonchev–Trinajstić information content (AvgIpc) is 3.94. The van der Waals surface area contributed by atoms with Crippen molar-refractivity contribution in [1.29, 1.82) is 0 Å². The van der Waals surface area contributed by atoms with Gasteiger partial charge in [-0.3, -0.25) is 0 Å². The quantitative estimate of drug-likeness (QED) is 0.123. The van der Waals surface area contributed by atoms with Crippen molar-refractivity contribution in [2.45, 2.75) is 67.5 Å². The Labute approximate surface area is 348 Å². The fourth-order valence-corrected chi connectivity index (χ4v) is 7.33. The molecule has 0 fully saturated rings. The largest absolute Gasteiger partial charge is 0.147 e. The molecule has 6 heteroatoms. The first-order valence-electron chi connectivity index (χ1n) is 18.3. The zero-order valence-electron chi connectivity index (χ0n) is 32.6. The van der Waals surface area contributed by atoms with Gasteiger partial charge >= 0.3 is 41.9 Å². The molecule has 0 saturated heterocycles. The molecule has 2 nitrogen and oxygen atoms in total. The van der Waals surface area contributed by atoms with Gasteiger partial charge in [-0.05, 0) is 87.1 Å². The molecule has 54 heavy (non-hydrogen) atoms. The molecule has 276 valence electrons. The number of hydrogen-bond acceptors (Lipinski definition) is 2. The maximum Gasteiger partial charge on any atom is -0.147 e. The summed E-state index contributed by atoms with van der Waals surface area (Å²) in [6.45, 7) is 17.5. The molecule has 6 aromatic carbocycles. The third kappa shape index (κ3) is 9.58. The molecule has 0 N–H and O–H groups in total. The van der Waals surface area contributed by atoms with Gasteiger partial charge in [0.25, 0.3) is 0 Å². The number of benzene rings is 4. The second kappa shape index (κ2) is 19.3. The molecule has 8 rings (SSSR count). The van der Waals surface area contributed by atoms with Crippen LogP contribution < -0.4 is 0 Å². The number of furan rings is 2. The molecule has 2 aromatic heterocycles. The van der Waals surface area contributed by atoms with E-state index in [1.54, 1.807) is 23.3 Å². The Bertz CT molecular complexity index is 2290. The second-order valence-corrected chi connectivity index (χ2v) is 23.2. The van der Waals surface area contributed by atoms with E-state index in [0.717, 1.165) is 47.0 Å². The SMILES string of the molecule is CCc1c(C)cc2[cH-]c(-c3ccc(C)o3)cc2c1-c1ccccc1.CCc1c(C)cc2[cH-]c(-c3ccc(C)o3)cc2c1-c1ccccc1.C[Si](C)=[Zr+2].Cl.Cl. The first-order valence-corrected chi connectivity index (χ1v) is 24.5. The average molecular weight is 849 g/mol. The molecule has 0 spiro atoms. The van der Waals surface area contributed by atoms with Crippen LogP contribution in [0.25, 0.3) is 66.4 Å². The Morgan fingerprint density at radius 1 is 0.537 bits per heavy atom. The van der Waals surface area contributed by atoms with E-state index in [4.69, 9.17) is 8.83 Å². The van der Waals surface area contributed by atoms with Gasteiger partial charge in [0.05, 0.1) is 23.0 Å². The summed E-state index contributed by atoms with van der Waals surface area (Å²) in [5.41, 5.74) is 13.4. The molecule has 0 aliphatic rings. The first-order chi connectivity index (χ1) is 25.1. The summed E-state index contributed by atoms with van der Waals surface area (Å²) in [6.07, 6.45) is 2.07. The predicted octanol–water partition coefficient (Wildman–Crippen LogP) is 15.0. The van der Waals surface area contributed by atoms with Crippen molar-refractivity contribution in [3.63, 3.8) is 0 Å². The number of rotatable bonds is 6. The molecule has 0 atom stereocenters. The van der Waals surface area contributed by atoms with E-state index < -0.39 is 0 Å². The molecule has 2 heterocycles. The molecule has 0 bridgehead atoms. The number of fused-ring (bicyclic) bond motifs is 2. The van der Waals surface area contributed by atoms with Crippen LogP contribution >= 0.6 is 24.8 Å². The Morgan fingerprint density at radius 3 is 1.19 bits per heavy atom. The van der Waals surface area contributed by atoms with Crippen LogP contribution in [-0.4, -0.2) is 5.43 Å². The molecular formula is C48H50Cl2O2SiZr. The zero-order valence-corrected chi connectivity index (χ0v) is 37.7. The smallest absolute Gasteiger partial charge is 0.147 e. The van der Waals surface area contributed by atoms with E-state index in [2.05, 4.69) is 150 Å². The minimum Gasteiger partial charge on any atom is -0.147 e. The normalized spacial score (nSPS) is 10.6. The van der Waals surface area contributed by atoms with E-state index >= 15 is 0 Å². The van der Waals surface area contributed by atoms with Crippen molar-refractivity contribution in [2.24, 2.45) is 0 Å². The maximum absolute atomic E-state index is 5.83. The summed E-state index contributed by atoms with van der Waals surface area (Å²) in [6, 6.07) is 43.2. The van der Waals surface area contributed by atoms with Crippen molar-refractivity contribution in [3.05, 3.63) is 155 Å². The van der Waals surface area contributed by atoms with Crippen LogP contribution in [0.5, 0.6) is 0 Å². The van der Waals surface area contributed by atoms with Gasteiger partial charge in [-0.2, -0.15) is 0 Å². The Morgan fingerprint density at radius 2 is 0.889 bits per heavy atom. The van der Waals surface area contributed by atoms with Gasteiger partial charge in [-0.1, -0.05) is 108 Å². The summed E-state index contributed by atoms with van der Waals surface area (Å²) in [7, 11) is 0. The Hall–Kier alpha value is -3.66. The predicted molar refractivity (Wildman–Crippen MR) is 235 cm³/mol. The minimum absolute atomic E-state index is 0. The third-order valence-corrected chi connectivity index (χ3v) is 9.56. The van der Waals surface area contributed by atoms with Gasteiger partial charge < -0.3 is 8.83 Å². The number of aryl methyl sites for hydroxylation is 4. The van der Waals surface area contributed by atoms with Crippen molar-refractivity contribution in [1.82, 2.24) is 0 Å². The Balaban J connectivity index is 0.000000212. The first kappa shape index (κ1) is 43.1. The second-order valence-electron chi connectivity index (χ2n) is 13.8. The van der Waals surface area contributed by atoms with E-state index in [1.165, 1.54) is 66.1 Å². The van der Waals surface area contributed by atoms with Gasteiger partial charge in [-0.25, -0.2) is 0 Å². The van der Waals surface area contributed by atoms with Crippen molar-refractivity contribution < 1.29 is 32.2 Å². The molecule has 0 unspecified atom stereocenters. The summed E-state index contributed by atoms with van der Waals surface area (Å²) < 4.78 is 11.7. The van der Waals surface area contributed by atoms with E-state index in [1.807, 2.05) is 26.0 Å². The van der Waals surface area contributed by atoms with Crippen molar-refractivity contribution in [3.8, 4) is 44.9 Å². The fraction of sp³-hybridized carbons (Fsp3) is 0.208. The maximum atomic E-state index is 5.83. The third-order valence-electron chi connectivity index (χ3n) is 9.56. The minimum atomic E-state index is 0. The van der Waals surface area contributed by atoms with Crippen LogP contribution in [0.15, 0.2) is 130 Å². The van der Waals surface area contributed by atoms with Crippen LogP contribution in [0.4, 0.5) is 0 Å². The molecule has 0 aliphatic carbocycles. The fourth-order valence-electron chi connectivity index (χ4n) is 7.33. The molecule has 0 saturated carbocycles. The van der Waals surface area contributed by atoms with E-state index in [-0.39, 0.29) is 30.2 Å². The summed E-state index contributed by atoms with van der Waals surface area (Å²) in [4.78, 5) is 0. The number of halogens is 2. The van der Waals surface area contributed by atoms with Gasteiger partial charge in [0, 0.05) is 0 Å². The summed E-state index contributed by atoms with van der Waals surface area (Å²) in [5, 5.41) is 5.20. The summed E-state index contributed by atoms with van der Waals surface area (Å²) in [5.74, 6) is 3.78. The summed E-state index contributed by atoms with van der Waals surface area (Å²) >= 11 is 1.74.